The second-order valence-corrected chi connectivity index (χ2v) is 12.9. The molecule has 7 aromatic carbocycles. The minimum Gasteiger partial charge on any atom is -0.308 e. The van der Waals surface area contributed by atoms with Gasteiger partial charge in [-0.2, -0.15) is 0 Å². The molecule has 0 aliphatic rings. The van der Waals surface area contributed by atoms with Crippen LogP contribution in [0.2, 0.25) is 0 Å². The summed E-state index contributed by atoms with van der Waals surface area (Å²) >= 11 is 0. The molecule has 0 unspecified atom stereocenters. The van der Waals surface area contributed by atoms with Crippen molar-refractivity contribution in [2.45, 2.75) is 0 Å². The van der Waals surface area contributed by atoms with Crippen LogP contribution in [0.3, 0.4) is 0 Å². The molecule has 0 spiro atoms. The maximum Gasteiger partial charge on any atom is 0.166 e. The van der Waals surface area contributed by atoms with E-state index in [0.29, 0.717) is 34.0 Å². The largest absolute Gasteiger partial charge is 0.308 e. The molecule has 55 heavy (non-hydrogen) atoms. The molecule has 0 N–H and O–H groups in total. The van der Waals surface area contributed by atoms with Gasteiger partial charge in [-0.25, -0.2) is 15.0 Å². The van der Waals surface area contributed by atoms with E-state index in [2.05, 4.69) is 0 Å². The predicted molar refractivity (Wildman–Crippen MR) is 225 cm³/mol. The Balaban J connectivity index is 1.28. The van der Waals surface area contributed by atoms with Gasteiger partial charge in [0, 0.05) is 39.2 Å². The number of hydrogen-bond acceptors (Lipinski definition) is 4. The van der Waals surface area contributed by atoms with E-state index in [1.807, 2.05) is 146 Å². The van der Waals surface area contributed by atoms with E-state index in [9.17, 15) is 2.74 Å². The summed E-state index contributed by atoms with van der Waals surface area (Å²) in [5.41, 5.74) is 7.38. The van der Waals surface area contributed by atoms with E-state index >= 15 is 0 Å². The van der Waals surface area contributed by atoms with Crippen LogP contribution in [0.25, 0.3) is 95.2 Å². The quantitative estimate of drug-likeness (QED) is 0.165. The lowest BCUT2D eigenvalue weighted by molar-refractivity contribution is 1.06. The number of hydrogen-bond donors (Lipinski definition) is 0. The van der Waals surface area contributed by atoms with Gasteiger partial charge in [-0.3, -0.25) is 4.98 Å². The molecule has 0 radical (unpaired) electrons. The Bertz CT molecular complexity index is 3220. The molecule has 0 aliphatic heterocycles. The van der Waals surface area contributed by atoms with Gasteiger partial charge in [0.15, 0.2) is 17.5 Å². The van der Waals surface area contributed by atoms with Crippen LogP contribution in [0.15, 0.2) is 200 Å². The fourth-order valence-corrected chi connectivity index (χ4v) is 6.88. The van der Waals surface area contributed by atoms with Gasteiger partial charge in [-0.1, -0.05) is 158 Å². The van der Waals surface area contributed by atoms with Gasteiger partial charge >= 0.3 is 0 Å². The summed E-state index contributed by atoms with van der Waals surface area (Å²) in [5, 5.41) is -0.0571. The third-order valence-corrected chi connectivity index (χ3v) is 9.60. The zero-order valence-electron chi connectivity index (χ0n) is 37.2. The molecule has 5 heteroatoms. The number of aromatic nitrogens is 5. The highest BCUT2D eigenvalue weighted by Gasteiger charge is 2.20. The monoisotopic (exact) mass is 711 g/mol. The molecule has 0 aliphatic carbocycles. The molecule has 258 valence electrons. The zero-order chi connectivity index (χ0) is 43.5. The van der Waals surface area contributed by atoms with Crippen molar-refractivity contribution >= 4 is 21.8 Å². The summed E-state index contributed by atoms with van der Waals surface area (Å²) in [6.45, 7) is 0. The number of nitrogens with zero attached hydrogens (tertiary/aromatic N) is 5. The molecule has 3 aromatic heterocycles. The van der Waals surface area contributed by atoms with Crippen LogP contribution in [0.1, 0.15) is 11.0 Å². The summed E-state index contributed by atoms with van der Waals surface area (Å²) < 4.78 is 72.9. The topological polar surface area (TPSA) is 56.5 Å². The van der Waals surface area contributed by atoms with Crippen LogP contribution in [-0.2, 0) is 0 Å². The van der Waals surface area contributed by atoms with Crippen molar-refractivity contribution in [2.75, 3.05) is 0 Å². The third-order valence-electron chi connectivity index (χ3n) is 9.60. The van der Waals surface area contributed by atoms with Crippen molar-refractivity contribution in [1.29, 1.82) is 0 Å². The van der Waals surface area contributed by atoms with E-state index < -0.39 is 48.3 Å². The standard InChI is InChI=1S/C50H33N5/c1-4-14-34(15-5-1)36-24-26-38(27-25-36)48-52-49(40-29-31-44(51-33-40)37-18-8-3-9-19-37)54-50(53-48)43-30-28-39(35-16-6-2-7-17-35)32-47(43)55-45-22-12-10-20-41(45)42-21-11-13-23-46(42)55/h1-33H/i10D,11D,12D,13D,20D,21D,22D,23D. The van der Waals surface area contributed by atoms with Gasteiger partial charge in [0.1, 0.15) is 0 Å². The Morgan fingerprint density at radius 2 is 0.873 bits per heavy atom. The fourth-order valence-electron chi connectivity index (χ4n) is 6.88. The normalized spacial score (nSPS) is 13.3. The number of rotatable bonds is 7. The van der Waals surface area contributed by atoms with Gasteiger partial charge in [0.05, 0.1) is 33.4 Å². The highest BCUT2D eigenvalue weighted by atomic mass is 15.1. The first kappa shape index (κ1) is 24.7. The molecule has 0 bridgehead atoms. The van der Waals surface area contributed by atoms with Crippen LogP contribution in [-0.4, -0.2) is 24.5 Å². The Kier molecular flexibility index (Phi) is 6.20. The Morgan fingerprint density at radius 1 is 0.400 bits per heavy atom. The summed E-state index contributed by atoms with van der Waals surface area (Å²) in [4.78, 5) is 19.9. The molecule has 0 saturated heterocycles. The molecule has 10 aromatic rings. The van der Waals surface area contributed by atoms with Crippen molar-refractivity contribution < 1.29 is 11.0 Å². The lowest BCUT2D eigenvalue weighted by Gasteiger charge is -2.16. The van der Waals surface area contributed by atoms with Crippen LogP contribution >= 0.6 is 0 Å². The van der Waals surface area contributed by atoms with Crippen LogP contribution in [0, 0.1) is 0 Å². The maximum absolute atomic E-state index is 9.27. The van der Waals surface area contributed by atoms with E-state index in [4.69, 9.17) is 28.2 Å². The second-order valence-electron chi connectivity index (χ2n) is 12.9. The van der Waals surface area contributed by atoms with Gasteiger partial charge < -0.3 is 4.57 Å². The lowest BCUT2D eigenvalue weighted by Crippen LogP contribution is -2.04. The molecule has 0 fully saturated rings. The van der Waals surface area contributed by atoms with E-state index in [1.54, 1.807) is 6.20 Å². The first-order chi connectivity index (χ1) is 30.6. The molecular weight excluding hydrogens is 671 g/mol. The second kappa shape index (κ2) is 13.8. The SMILES string of the molecule is [2H]c1c([2H])c([2H])c2c(c1[2H])c1c([2H])c([2H])c([2H])c([2H])c1n2-c1cc(-c2ccccc2)ccc1-c1nc(-c2ccc(-c3ccccc3)cc2)nc(-c2ccc(-c3ccccc3)nc2)n1. The van der Waals surface area contributed by atoms with Crippen molar-refractivity contribution in [3.63, 3.8) is 0 Å². The number of fused-ring (bicyclic) bond motifs is 3. The van der Waals surface area contributed by atoms with E-state index in [-0.39, 0.29) is 27.6 Å². The molecule has 5 nitrogen and oxygen atoms in total. The highest BCUT2D eigenvalue weighted by Crippen LogP contribution is 2.38. The molecule has 10 rings (SSSR count). The Labute approximate surface area is 330 Å². The van der Waals surface area contributed by atoms with Crippen LogP contribution < -0.4 is 0 Å². The Morgan fingerprint density at radius 3 is 1.47 bits per heavy atom. The number of benzene rings is 7. The first-order valence-electron chi connectivity index (χ1n) is 21.7. The van der Waals surface area contributed by atoms with Crippen LogP contribution in [0.5, 0.6) is 0 Å². The molecule has 3 heterocycles. The minimum atomic E-state index is -0.519. The summed E-state index contributed by atoms with van der Waals surface area (Å²) in [6, 6.07) is 43.0. The van der Waals surface area contributed by atoms with Crippen LogP contribution in [0.4, 0.5) is 0 Å². The van der Waals surface area contributed by atoms with Gasteiger partial charge in [0.2, 0.25) is 0 Å². The lowest BCUT2D eigenvalue weighted by atomic mass is 10.0. The third kappa shape index (κ3) is 6.04. The van der Waals surface area contributed by atoms with Crippen molar-refractivity contribution in [3.8, 4) is 73.4 Å². The average Bonchev–Trinajstić information content (AvgIpc) is 3.71. The van der Waals surface area contributed by atoms with Crippen molar-refractivity contribution in [3.05, 3.63) is 200 Å². The average molecular weight is 712 g/mol. The highest BCUT2D eigenvalue weighted by molar-refractivity contribution is 6.09. The minimum absolute atomic E-state index is 0.0128. The van der Waals surface area contributed by atoms with Gasteiger partial charge in [0.25, 0.3) is 0 Å². The predicted octanol–water partition coefficient (Wildman–Crippen LogP) is 12.4. The molecule has 0 saturated carbocycles. The smallest absolute Gasteiger partial charge is 0.166 e. The summed E-state index contributed by atoms with van der Waals surface area (Å²) in [7, 11) is 0. The molecule has 0 amide bonds. The summed E-state index contributed by atoms with van der Waals surface area (Å²) in [6.07, 6.45) is 1.71. The number of pyridine rings is 1. The van der Waals surface area contributed by atoms with Crippen molar-refractivity contribution in [1.82, 2.24) is 24.5 Å². The Hall–Kier alpha value is -7.50. The van der Waals surface area contributed by atoms with E-state index in [0.717, 1.165) is 33.5 Å². The molecular formula is C50H33N5. The fraction of sp³-hybridized carbons (Fsp3) is 0. The van der Waals surface area contributed by atoms with E-state index in [1.165, 1.54) is 4.57 Å². The first-order valence-corrected chi connectivity index (χ1v) is 17.7. The van der Waals surface area contributed by atoms with Gasteiger partial charge in [-0.05, 0) is 58.6 Å². The molecule has 0 atom stereocenters. The van der Waals surface area contributed by atoms with Gasteiger partial charge in [-0.15, -0.1) is 0 Å². The van der Waals surface area contributed by atoms with Crippen molar-refractivity contribution in [2.24, 2.45) is 0 Å². The zero-order valence-corrected chi connectivity index (χ0v) is 29.2. The number of para-hydroxylation sites is 2. The summed E-state index contributed by atoms with van der Waals surface area (Å²) in [5.74, 6) is 0.879. The maximum atomic E-state index is 9.27.